The van der Waals surface area contributed by atoms with Crippen molar-refractivity contribution in [3.8, 4) is 12.1 Å². The van der Waals surface area contributed by atoms with Crippen LogP contribution in [0.3, 0.4) is 0 Å². The summed E-state index contributed by atoms with van der Waals surface area (Å²) in [4.78, 5) is 2.04. The molecule has 0 amide bonds. The van der Waals surface area contributed by atoms with Crippen LogP contribution in [0.5, 0.6) is 0 Å². The molecule has 0 saturated heterocycles. The third kappa shape index (κ3) is 4.12. The first-order valence-corrected chi connectivity index (χ1v) is 7.11. The van der Waals surface area contributed by atoms with Crippen LogP contribution >= 0.6 is 0 Å². The summed E-state index contributed by atoms with van der Waals surface area (Å²) >= 11 is 0. The number of rotatable bonds is 3. The Morgan fingerprint density at radius 3 is 2.26 bits per heavy atom. The Hall–Kier alpha value is -3.24. The minimum Gasteiger partial charge on any atom is -0.460 e. The molecule has 0 saturated carbocycles. The minimum atomic E-state index is -0.0290. The standard InChI is InChI=1S/C19H17N3O/c1-14-10-16(11-19(23-14)17(12-20)13-21)5-4-15-6-8-18(9-7-15)22(2)3/h4-11H,1-3H3. The predicted octanol–water partition coefficient (Wildman–Crippen LogP) is 3.93. The fraction of sp³-hybridized carbons (Fsp3) is 0.158. The number of hydrogen-bond acceptors (Lipinski definition) is 4. The smallest absolute Gasteiger partial charge is 0.172 e. The number of nitrogens with zero attached hydrogens (tertiary/aromatic N) is 3. The second-order valence-corrected chi connectivity index (χ2v) is 5.28. The third-order valence-electron chi connectivity index (χ3n) is 3.29. The molecule has 0 aliphatic carbocycles. The van der Waals surface area contributed by atoms with Gasteiger partial charge in [-0.1, -0.05) is 24.3 Å². The second-order valence-electron chi connectivity index (χ2n) is 5.28. The molecule has 0 N–H and O–H groups in total. The largest absolute Gasteiger partial charge is 0.460 e. The molecule has 0 aromatic heterocycles. The maximum atomic E-state index is 8.95. The Balaban J connectivity index is 2.26. The molecule has 1 heterocycles. The molecule has 0 radical (unpaired) electrons. The summed E-state index contributed by atoms with van der Waals surface area (Å²) in [7, 11) is 4.00. The van der Waals surface area contributed by atoms with E-state index in [1.165, 1.54) is 0 Å². The van der Waals surface area contributed by atoms with Crippen LogP contribution in [-0.4, -0.2) is 14.1 Å². The summed E-state index contributed by atoms with van der Waals surface area (Å²) in [6, 6.07) is 11.9. The Bertz CT molecular complexity index is 779. The van der Waals surface area contributed by atoms with Gasteiger partial charge in [0.25, 0.3) is 0 Å². The van der Waals surface area contributed by atoms with Crippen molar-refractivity contribution in [2.45, 2.75) is 6.92 Å². The molecular formula is C19H17N3O. The molecule has 0 spiro atoms. The molecule has 0 unspecified atom stereocenters. The molecule has 4 nitrogen and oxygen atoms in total. The third-order valence-corrected chi connectivity index (χ3v) is 3.29. The van der Waals surface area contributed by atoms with Crippen LogP contribution in [-0.2, 0) is 4.74 Å². The van der Waals surface area contributed by atoms with Gasteiger partial charge in [0.15, 0.2) is 11.3 Å². The first-order chi connectivity index (χ1) is 11.0. The van der Waals surface area contributed by atoms with Crippen molar-refractivity contribution in [2.24, 2.45) is 0 Å². The van der Waals surface area contributed by atoms with Gasteiger partial charge in [0.1, 0.15) is 17.9 Å². The normalized spacial score (nSPS) is 13.5. The second kappa shape index (κ2) is 7.15. The molecule has 114 valence electrons. The van der Waals surface area contributed by atoms with Crippen LogP contribution in [0.4, 0.5) is 5.69 Å². The molecule has 23 heavy (non-hydrogen) atoms. The number of ether oxygens (including phenoxy) is 1. The highest BCUT2D eigenvalue weighted by Gasteiger charge is 2.11. The summed E-state index contributed by atoms with van der Waals surface area (Å²) in [6.45, 7) is 1.79. The van der Waals surface area contributed by atoms with Crippen LogP contribution in [0.1, 0.15) is 12.5 Å². The first kappa shape index (κ1) is 16.1. The monoisotopic (exact) mass is 303 g/mol. The molecule has 0 fully saturated rings. The van der Waals surface area contributed by atoms with Gasteiger partial charge in [0.2, 0.25) is 0 Å². The minimum absolute atomic E-state index is 0.0290. The van der Waals surface area contributed by atoms with E-state index in [0.29, 0.717) is 5.76 Å². The van der Waals surface area contributed by atoms with Crippen molar-refractivity contribution < 1.29 is 4.74 Å². The van der Waals surface area contributed by atoms with Crippen molar-refractivity contribution in [1.29, 1.82) is 10.5 Å². The average Bonchev–Trinajstić information content (AvgIpc) is 2.54. The van der Waals surface area contributed by atoms with Crippen LogP contribution in [0.25, 0.3) is 6.08 Å². The van der Waals surface area contributed by atoms with E-state index in [9.17, 15) is 0 Å². The Morgan fingerprint density at radius 1 is 1.04 bits per heavy atom. The van der Waals surface area contributed by atoms with E-state index in [0.717, 1.165) is 16.8 Å². The van der Waals surface area contributed by atoms with Gasteiger partial charge in [-0.2, -0.15) is 10.5 Å². The van der Waals surface area contributed by atoms with Gasteiger partial charge < -0.3 is 9.64 Å². The Labute approximate surface area is 136 Å². The summed E-state index contributed by atoms with van der Waals surface area (Å²) in [5.74, 6) is 0.936. The topological polar surface area (TPSA) is 60.0 Å². The highest BCUT2D eigenvalue weighted by atomic mass is 16.5. The van der Waals surface area contributed by atoms with Crippen LogP contribution in [0, 0.1) is 22.7 Å². The van der Waals surface area contributed by atoms with Gasteiger partial charge in [0, 0.05) is 19.8 Å². The quantitative estimate of drug-likeness (QED) is 0.794. The highest BCUT2D eigenvalue weighted by molar-refractivity contribution is 5.60. The van der Waals surface area contributed by atoms with E-state index in [1.807, 2.05) is 73.6 Å². The fourth-order valence-electron chi connectivity index (χ4n) is 2.09. The van der Waals surface area contributed by atoms with E-state index in [2.05, 4.69) is 0 Å². The number of anilines is 1. The van der Waals surface area contributed by atoms with Crippen LogP contribution in [0.15, 0.2) is 65.2 Å². The van der Waals surface area contributed by atoms with Crippen molar-refractivity contribution in [3.63, 3.8) is 0 Å². The van der Waals surface area contributed by atoms with Gasteiger partial charge in [0.05, 0.1) is 0 Å². The zero-order valence-corrected chi connectivity index (χ0v) is 13.4. The van der Waals surface area contributed by atoms with Gasteiger partial charge in [-0.3, -0.25) is 0 Å². The number of allylic oxidation sites excluding steroid dienone is 6. The summed E-state index contributed by atoms with van der Waals surface area (Å²) in [5, 5.41) is 17.9. The van der Waals surface area contributed by atoms with Crippen molar-refractivity contribution >= 4 is 11.8 Å². The van der Waals surface area contributed by atoms with Crippen molar-refractivity contribution in [1.82, 2.24) is 0 Å². The van der Waals surface area contributed by atoms with E-state index in [4.69, 9.17) is 15.3 Å². The Morgan fingerprint density at radius 2 is 1.70 bits per heavy atom. The SMILES string of the molecule is CC1=CC(C=Cc2ccc(N(C)C)cc2)=CC(=C(C#N)C#N)O1. The lowest BCUT2D eigenvalue weighted by molar-refractivity contribution is 0.316. The predicted molar refractivity (Wildman–Crippen MR) is 91.0 cm³/mol. The van der Waals surface area contributed by atoms with E-state index in [-0.39, 0.29) is 11.3 Å². The lowest BCUT2D eigenvalue weighted by Crippen LogP contribution is -2.07. The zero-order chi connectivity index (χ0) is 16.8. The van der Waals surface area contributed by atoms with E-state index in [1.54, 1.807) is 13.0 Å². The molecule has 4 heteroatoms. The van der Waals surface area contributed by atoms with Crippen molar-refractivity contribution in [2.75, 3.05) is 19.0 Å². The Kier molecular flexibility index (Phi) is 5.02. The lowest BCUT2D eigenvalue weighted by atomic mass is 10.1. The maximum Gasteiger partial charge on any atom is 0.172 e. The van der Waals surface area contributed by atoms with Crippen LogP contribution in [0.2, 0.25) is 0 Å². The molecule has 0 atom stereocenters. The lowest BCUT2D eigenvalue weighted by Gasteiger charge is -2.13. The summed E-state index contributed by atoms with van der Waals surface area (Å²) < 4.78 is 5.43. The van der Waals surface area contributed by atoms with Crippen LogP contribution < -0.4 is 4.90 Å². The maximum absolute atomic E-state index is 8.95. The number of benzene rings is 1. The molecule has 1 aromatic carbocycles. The molecule has 1 aliphatic heterocycles. The van der Waals surface area contributed by atoms with Gasteiger partial charge in [-0.25, -0.2) is 0 Å². The zero-order valence-electron chi connectivity index (χ0n) is 13.4. The summed E-state index contributed by atoms with van der Waals surface area (Å²) in [5.41, 5.74) is 3.06. The summed E-state index contributed by atoms with van der Waals surface area (Å²) in [6.07, 6.45) is 7.47. The van der Waals surface area contributed by atoms with Crippen molar-refractivity contribution in [3.05, 3.63) is 70.7 Å². The number of nitriles is 2. The number of hydrogen-bond donors (Lipinski definition) is 0. The van der Waals surface area contributed by atoms with E-state index < -0.39 is 0 Å². The molecule has 1 aromatic rings. The average molecular weight is 303 g/mol. The fourth-order valence-corrected chi connectivity index (χ4v) is 2.09. The van der Waals surface area contributed by atoms with Gasteiger partial charge >= 0.3 is 0 Å². The molecule has 1 aliphatic rings. The molecule has 0 bridgehead atoms. The molecular weight excluding hydrogens is 286 g/mol. The van der Waals surface area contributed by atoms with E-state index >= 15 is 0 Å². The van der Waals surface area contributed by atoms with Gasteiger partial charge in [-0.05, 0) is 42.3 Å². The first-order valence-electron chi connectivity index (χ1n) is 7.11. The highest BCUT2D eigenvalue weighted by Crippen LogP contribution is 2.23. The molecule has 2 rings (SSSR count). The van der Waals surface area contributed by atoms with Gasteiger partial charge in [-0.15, -0.1) is 0 Å².